The van der Waals surface area contributed by atoms with E-state index in [9.17, 15) is 14.4 Å². The number of amides is 2. The van der Waals surface area contributed by atoms with E-state index in [1.165, 1.54) is 0 Å². The highest BCUT2D eigenvalue weighted by Gasteiger charge is 2.30. The first-order valence-corrected chi connectivity index (χ1v) is 10.9. The summed E-state index contributed by atoms with van der Waals surface area (Å²) < 4.78 is 4.97. The summed E-state index contributed by atoms with van der Waals surface area (Å²) in [7, 11) is 0. The van der Waals surface area contributed by atoms with Crippen LogP contribution in [-0.4, -0.2) is 57.6 Å². The molecule has 1 aromatic carbocycles. The molecule has 2 N–H and O–H groups in total. The lowest BCUT2D eigenvalue weighted by Crippen LogP contribution is -2.43. The van der Waals surface area contributed by atoms with Crippen molar-refractivity contribution < 1.29 is 19.1 Å². The van der Waals surface area contributed by atoms with E-state index in [2.05, 4.69) is 20.5 Å². The number of likely N-dealkylation sites (tertiary alicyclic amines) is 1. The zero-order valence-electron chi connectivity index (χ0n) is 18.3. The minimum absolute atomic E-state index is 0.157. The number of aromatic amines is 1. The molecule has 4 rings (SSSR count). The Balaban J connectivity index is 1.37. The largest absolute Gasteiger partial charge is 0.462 e. The van der Waals surface area contributed by atoms with E-state index in [0.29, 0.717) is 54.4 Å². The van der Waals surface area contributed by atoms with E-state index in [1.54, 1.807) is 48.4 Å². The number of carbonyl (C=O) groups excluding carboxylic acids is 3. The average Bonchev–Trinajstić information content (AvgIpc) is 3.35. The van der Waals surface area contributed by atoms with Gasteiger partial charge in [-0.25, -0.2) is 4.79 Å². The minimum atomic E-state index is -0.401. The Bertz CT molecular complexity index is 1130. The smallest absolute Gasteiger partial charge is 0.338 e. The van der Waals surface area contributed by atoms with Crippen molar-refractivity contribution in [1.29, 1.82) is 0 Å². The Labute approximate surface area is 191 Å². The molecule has 0 spiro atoms. The van der Waals surface area contributed by atoms with Crippen LogP contribution in [0, 0.1) is 5.92 Å². The molecular formula is C24H25N5O4. The number of esters is 1. The second-order valence-corrected chi connectivity index (χ2v) is 7.76. The molecule has 1 aliphatic rings. The van der Waals surface area contributed by atoms with E-state index in [-0.39, 0.29) is 17.7 Å². The number of H-pyrrole nitrogens is 1. The van der Waals surface area contributed by atoms with Crippen molar-refractivity contribution in [2.75, 3.05) is 25.0 Å². The summed E-state index contributed by atoms with van der Waals surface area (Å²) >= 11 is 0. The first-order valence-electron chi connectivity index (χ1n) is 10.9. The number of nitrogens with one attached hydrogen (secondary N) is 2. The highest BCUT2D eigenvalue weighted by atomic mass is 16.5. The summed E-state index contributed by atoms with van der Waals surface area (Å²) in [6.45, 7) is 2.95. The van der Waals surface area contributed by atoms with Crippen LogP contribution in [-0.2, 0) is 9.53 Å². The molecule has 1 fully saturated rings. The van der Waals surface area contributed by atoms with Gasteiger partial charge in [-0.2, -0.15) is 5.10 Å². The number of aromatic nitrogens is 3. The summed E-state index contributed by atoms with van der Waals surface area (Å²) in [5.74, 6) is -1.08. The van der Waals surface area contributed by atoms with Crippen LogP contribution in [0.2, 0.25) is 0 Å². The molecule has 0 aliphatic carbocycles. The lowest BCUT2D eigenvalue weighted by Gasteiger charge is -2.31. The molecule has 1 saturated heterocycles. The highest BCUT2D eigenvalue weighted by Crippen LogP contribution is 2.22. The quantitative estimate of drug-likeness (QED) is 0.561. The lowest BCUT2D eigenvalue weighted by molar-refractivity contribution is -0.121. The summed E-state index contributed by atoms with van der Waals surface area (Å²) in [4.78, 5) is 43.5. The number of ether oxygens (including phenoxy) is 1. The van der Waals surface area contributed by atoms with Crippen LogP contribution in [0.5, 0.6) is 0 Å². The van der Waals surface area contributed by atoms with Crippen LogP contribution in [0.15, 0.2) is 54.7 Å². The molecular weight excluding hydrogens is 422 g/mol. The van der Waals surface area contributed by atoms with Gasteiger partial charge in [0.25, 0.3) is 5.91 Å². The normalized spacial score (nSPS) is 15.7. The van der Waals surface area contributed by atoms with Gasteiger partial charge in [-0.1, -0.05) is 6.07 Å². The predicted octanol–water partition coefficient (Wildman–Crippen LogP) is 3.14. The summed E-state index contributed by atoms with van der Waals surface area (Å²) in [5.41, 5.74) is 2.65. The van der Waals surface area contributed by atoms with Gasteiger partial charge >= 0.3 is 5.97 Å². The Morgan fingerprint density at radius 1 is 1.15 bits per heavy atom. The van der Waals surface area contributed by atoms with Gasteiger partial charge in [-0.15, -0.1) is 0 Å². The van der Waals surface area contributed by atoms with Gasteiger partial charge in [-0.05, 0) is 62.2 Å². The molecule has 2 aromatic heterocycles. The SMILES string of the molecule is CCOC(=O)c1ccc(NC(=O)[C@@H]2CCCN(C(=O)c3cc(-c4ccccn4)n[nH]3)C2)cc1. The van der Waals surface area contributed by atoms with Gasteiger partial charge in [0.2, 0.25) is 5.91 Å². The van der Waals surface area contributed by atoms with Crippen molar-refractivity contribution in [2.24, 2.45) is 5.92 Å². The van der Waals surface area contributed by atoms with Crippen LogP contribution < -0.4 is 5.32 Å². The molecule has 9 heteroatoms. The minimum Gasteiger partial charge on any atom is -0.462 e. The van der Waals surface area contributed by atoms with E-state index in [0.717, 1.165) is 6.42 Å². The summed E-state index contributed by atoms with van der Waals surface area (Å²) in [5, 5.41) is 9.86. The predicted molar refractivity (Wildman–Crippen MR) is 121 cm³/mol. The summed E-state index contributed by atoms with van der Waals surface area (Å²) in [6, 6.07) is 13.7. The zero-order chi connectivity index (χ0) is 23.2. The molecule has 0 radical (unpaired) electrons. The van der Waals surface area contributed by atoms with Crippen molar-refractivity contribution in [3.05, 3.63) is 66.0 Å². The summed E-state index contributed by atoms with van der Waals surface area (Å²) in [6.07, 6.45) is 3.09. The molecule has 1 atom stereocenters. The zero-order valence-corrected chi connectivity index (χ0v) is 18.3. The number of anilines is 1. The maximum atomic E-state index is 13.0. The van der Waals surface area contributed by atoms with Crippen LogP contribution >= 0.6 is 0 Å². The molecule has 0 saturated carbocycles. The van der Waals surface area contributed by atoms with Gasteiger partial charge in [0.1, 0.15) is 11.4 Å². The van der Waals surface area contributed by atoms with Crippen LogP contribution in [0.25, 0.3) is 11.4 Å². The Morgan fingerprint density at radius 3 is 2.70 bits per heavy atom. The van der Waals surface area contributed by atoms with Crippen molar-refractivity contribution in [2.45, 2.75) is 19.8 Å². The van der Waals surface area contributed by atoms with E-state index in [4.69, 9.17) is 4.74 Å². The lowest BCUT2D eigenvalue weighted by atomic mass is 9.96. The third kappa shape index (κ3) is 5.25. The molecule has 9 nitrogen and oxygen atoms in total. The molecule has 0 bridgehead atoms. The fraction of sp³-hybridized carbons (Fsp3) is 0.292. The van der Waals surface area contributed by atoms with Gasteiger partial charge in [-0.3, -0.25) is 19.7 Å². The van der Waals surface area contributed by atoms with Crippen molar-refractivity contribution in [3.63, 3.8) is 0 Å². The fourth-order valence-corrected chi connectivity index (χ4v) is 3.77. The Morgan fingerprint density at radius 2 is 1.97 bits per heavy atom. The molecule has 33 heavy (non-hydrogen) atoms. The maximum Gasteiger partial charge on any atom is 0.338 e. The molecule has 3 aromatic rings. The van der Waals surface area contributed by atoms with Gasteiger partial charge in [0.15, 0.2) is 0 Å². The highest BCUT2D eigenvalue weighted by molar-refractivity contribution is 5.96. The maximum absolute atomic E-state index is 13.0. The number of benzene rings is 1. The topological polar surface area (TPSA) is 117 Å². The number of nitrogens with zero attached hydrogens (tertiary/aromatic N) is 3. The first-order chi connectivity index (χ1) is 16.0. The van der Waals surface area contributed by atoms with E-state index in [1.807, 2.05) is 18.2 Å². The Kier molecular flexibility index (Phi) is 6.77. The number of hydrogen-bond acceptors (Lipinski definition) is 6. The number of carbonyl (C=O) groups is 3. The second kappa shape index (κ2) is 10.1. The molecule has 1 aliphatic heterocycles. The van der Waals surface area contributed by atoms with Gasteiger partial charge in [0.05, 0.1) is 23.8 Å². The standard InChI is InChI=1S/C24H25N5O4/c1-2-33-24(32)16-8-10-18(11-9-16)26-22(30)17-6-5-13-29(15-17)23(31)21-14-20(27-28-21)19-7-3-4-12-25-19/h3-4,7-12,14,17H,2,5-6,13,15H2,1H3,(H,26,30)(H,27,28)/t17-/m1/s1. The van der Waals surface area contributed by atoms with Crippen LogP contribution in [0.4, 0.5) is 5.69 Å². The monoisotopic (exact) mass is 447 g/mol. The molecule has 2 amide bonds. The van der Waals surface area contributed by atoms with Crippen molar-refractivity contribution >= 4 is 23.5 Å². The number of piperidine rings is 1. The van der Waals surface area contributed by atoms with Crippen LogP contribution in [0.3, 0.4) is 0 Å². The number of rotatable bonds is 6. The van der Waals surface area contributed by atoms with Crippen LogP contribution in [0.1, 0.15) is 40.6 Å². The third-order valence-electron chi connectivity index (χ3n) is 5.48. The van der Waals surface area contributed by atoms with E-state index < -0.39 is 5.97 Å². The second-order valence-electron chi connectivity index (χ2n) is 7.76. The first kappa shape index (κ1) is 22.2. The molecule has 0 unspecified atom stereocenters. The Hall–Kier alpha value is -4.01. The average molecular weight is 447 g/mol. The molecule has 170 valence electrons. The van der Waals surface area contributed by atoms with Crippen molar-refractivity contribution in [1.82, 2.24) is 20.1 Å². The molecule has 3 heterocycles. The van der Waals surface area contributed by atoms with Gasteiger partial charge < -0.3 is 15.0 Å². The third-order valence-corrected chi connectivity index (χ3v) is 5.48. The number of hydrogen-bond donors (Lipinski definition) is 2. The van der Waals surface area contributed by atoms with E-state index >= 15 is 0 Å². The fourth-order valence-electron chi connectivity index (χ4n) is 3.77. The van der Waals surface area contributed by atoms with Crippen molar-refractivity contribution in [3.8, 4) is 11.4 Å². The number of pyridine rings is 1. The van der Waals surface area contributed by atoms with Gasteiger partial charge in [0, 0.05) is 25.0 Å².